The molecule has 0 unspecified atom stereocenters. The van der Waals surface area contributed by atoms with Crippen LogP contribution < -0.4 is 9.47 Å². The summed E-state index contributed by atoms with van der Waals surface area (Å²) in [7, 11) is 1.51. The van der Waals surface area contributed by atoms with Crippen LogP contribution in [-0.4, -0.2) is 72.3 Å². The van der Waals surface area contributed by atoms with Crippen molar-refractivity contribution in [2.24, 2.45) is 22.9 Å². The van der Waals surface area contributed by atoms with E-state index in [0.29, 0.717) is 42.0 Å². The first kappa shape index (κ1) is 43.6. The Hall–Kier alpha value is -4.97. The highest BCUT2D eigenvalue weighted by atomic mass is 19.1. The number of hydrogen-bond donors (Lipinski definition) is 2. The predicted molar refractivity (Wildman–Crippen MR) is 226 cm³/mol. The molecule has 0 spiro atoms. The van der Waals surface area contributed by atoms with Gasteiger partial charge in [-0.25, -0.2) is 9.18 Å². The Morgan fingerprint density at radius 1 is 0.966 bits per heavy atom. The first-order valence-electron chi connectivity index (χ1n) is 20.8. The second-order valence-electron chi connectivity index (χ2n) is 15.7. The minimum atomic E-state index is -1.48. The zero-order valence-corrected chi connectivity index (χ0v) is 34.6. The van der Waals surface area contributed by atoms with Crippen LogP contribution in [0.25, 0.3) is 0 Å². The lowest BCUT2D eigenvalue weighted by atomic mass is 9.55. The largest absolute Gasteiger partial charge is 0.459 e. The number of aliphatic hydroxyl groups excluding tert-OH is 2. The van der Waals surface area contributed by atoms with Crippen LogP contribution in [0.4, 0.5) is 9.18 Å². The number of nitrogens with zero attached hydrogens (tertiary/aromatic N) is 2. The highest BCUT2D eigenvalue weighted by Gasteiger charge is 2.65. The van der Waals surface area contributed by atoms with E-state index >= 15 is 0 Å². The van der Waals surface area contributed by atoms with Gasteiger partial charge in [-0.05, 0) is 123 Å². The molecule has 0 aromatic heterocycles. The van der Waals surface area contributed by atoms with Crippen molar-refractivity contribution in [3.63, 3.8) is 0 Å². The summed E-state index contributed by atoms with van der Waals surface area (Å²) >= 11 is 0. The predicted octanol–water partition coefficient (Wildman–Crippen LogP) is 9.71. The molecule has 10 nitrogen and oxygen atoms in total. The van der Waals surface area contributed by atoms with E-state index < -0.39 is 23.8 Å². The SMILES string of the molecule is C=CCCOC(=O)N(Cc1ccc(F)cc1)[C@H]1CC(=NOC)C2=C[C@H](CCCCO)[C@@H](CCCCO)[C@@H]3c4cc(Oc5ccc(C)c(C)c5)ccc4O[C@@]1(OCC=C)[C@H]23. The van der Waals surface area contributed by atoms with Crippen molar-refractivity contribution in [3.05, 3.63) is 126 Å². The summed E-state index contributed by atoms with van der Waals surface area (Å²) < 4.78 is 40.9. The van der Waals surface area contributed by atoms with E-state index in [-0.39, 0.29) is 63.0 Å². The molecule has 2 N–H and O–H groups in total. The Labute approximate surface area is 347 Å². The van der Waals surface area contributed by atoms with Gasteiger partial charge in [-0.15, -0.1) is 13.2 Å². The fourth-order valence-corrected chi connectivity index (χ4v) is 9.14. The number of benzene rings is 3. The average Bonchev–Trinajstić information content (AvgIpc) is 3.23. The molecule has 0 bridgehead atoms. The number of aliphatic hydroxyl groups is 2. The van der Waals surface area contributed by atoms with Gasteiger partial charge in [0.05, 0.1) is 24.8 Å². The third-order valence-corrected chi connectivity index (χ3v) is 12.0. The second-order valence-corrected chi connectivity index (χ2v) is 15.7. The van der Waals surface area contributed by atoms with Gasteiger partial charge in [0.1, 0.15) is 36.2 Å². The van der Waals surface area contributed by atoms with Gasteiger partial charge in [0.15, 0.2) is 0 Å². The molecule has 3 aliphatic rings. The minimum Gasteiger partial charge on any atom is -0.459 e. The van der Waals surface area contributed by atoms with Crippen molar-refractivity contribution in [3.8, 4) is 17.2 Å². The molecule has 1 amide bonds. The van der Waals surface area contributed by atoms with Crippen LogP contribution in [0, 0.1) is 37.4 Å². The molecular weight excluding hydrogens is 752 g/mol. The van der Waals surface area contributed by atoms with Crippen LogP contribution in [-0.2, 0) is 20.9 Å². The molecule has 1 aliphatic heterocycles. The molecule has 11 heteroatoms. The van der Waals surface area contributed by atoms with E-state index in [9.17, 15) is 19.4 Å². The number of carbonyl (C=O) groups is 1. The Kier molecular flexibility index (Phi) is 15.0. The first-order chi connectivity index (χ1) is 28.7. The summed E-state index contributed by atoms with van der Waals surface area (Å²) in [5, 5.41) is 24.4. The molecule has 59 heavy (non-hydrogen) atoms. The molecule has 0 saturated heterocycles. The highest BCUT2D eigenvalue weighted by Crippen LogP contribution is 2.62. The van der Waals surface area contributed by atoms with Crippen LogP contribution in [0.15, 0.2) is 103 Å². The summed E-state index contributed by atoms with van der Waals surface area (Å²) in [5.74, 6) is -0.539. The summed E-state index contributed by atoms with van der Waals surface area (Å²) in [4.78, 5) is 21.6. The number of aryl methyl sites for hydroxylation is 2. The van der Waals surface area contributed by atoms with Crippen LogP contribution in [0.2, 0.25) is 0 Å². The number of fused-ring (bicyclic) bond motifs is 2. The van der Waals surface area contributed by atoms with Gasteiger partial charge in [-0.2, -0.15) is 0 Å². The Morgan fingerprint density at radius 3 is 2.39 bits per heavy atom. The number of hydrogen-bond acceptors (Lipinski definition) is 9. The van der Waals surface area contributed by atoms with Gasteiger partial charge < -0.3 is 34.0 Å². The smallest absolute Gasteiger partial charge is 0.410 e. The van der Waals surface area contributed by atoms with Gasteiger partial charge in [-0.1, -0.05) is 54.4 Å². The summed E-state index contributed by atoms with van der Waals surface area (Å²) in [6, 6.07) is 17.2. The lowest BCUT2D eigenvalue weighted by molar-refractivity contribution is -0.256. The Balaban J connectivity index is 1.58. The molecule has 316 valence electrons. The molecular formula is C48H59FN2O8. The molecule has 3 aromatic carbocycles. The van der Waals surface area contributed by atoms with Crippen molar-refractivity contribution in [1.82, 2.24) is 4.90 Å². The fraction of sp³-hybridized carbons (Fsp3) is 0.458. The molecule has 6 atom stereocenters. The molecule has 1 heterocycles. The maximum Gasteiger partial charge on any atom is 0.410 e. The average molecular weight is 811 g/mol. The number of carbonyl (C=O) groups excluding carboxylic acids is 1. The lowest BCUT2D eigenvalue weighted by Crippen LogP contribution is -2.70. The summed E-state index contributed by atoms with van der Waals surface area (Å²) in [5.41, 5.74) is 5.49. The molecule has 1 saturated carbocycles. The van der Waals surface area contributed by atoms with Crippen molar-refractivity contribution < 1.29 is 43.2 Å². The summed E-state index contributed by atoms with van der Waals surface area (Å²) in [6.07, 6.45) is 10.2. The zero-order chi connectivity index (χ0) is 41.9. The second kappa shape index (κ2) is 20.3. The van der Waals surface area contributed by atoms with E-state index in [1.165, 1.54) is 24.8 Å². The third-order valence-electron chi connectivity index (χ3n) is 12.0. The van der Waals surface area contributed by atoms with E-state index in [1.54, 1.807) is 29.2 Å². The number of halogens is 1. The number of allylic oxidation sites excluding steroid dienone is 1. The van der Waals surface area contributed by atoms with Crippen molar-refractivity contribution in [2.45, 2.75) is 89.5 Å². The number of unbranched alkanes of at least 4 members (excludes halogenated alkanes) is 2. The lowest BCUT2D eigenvalue weighted by Gasteiger charge is -2.59. The van der Waals surface area contributed by atoms with Crippen LogP contribution in [0.5, 0.6) is 17.2 Å². The van der Waals surface area contributed by atoms with Gasteiger partial charge in [0.25, 0.3) is 0 Å². The van der Waals surface area contributed by atoms with Gasteiger partial charge in [0, 0.05) is 37.7 Å². The summed E-state index contributed by atoms with van der Waals surface area (Å²) in [6.45, 7) is 12.4. The number of oxime groups is 1. The van der Waals surface area contributed by atoms with Crippen LogP contribution in [0.3, 0.4) is 0 Å². The maximum absolute atomic E-state index is 14.5. The van der Waals surface area contributed by atoms with E-state index in [1.807, 2.05) is 30.3 Å². The number of amides is 1. The van der Waals surface area contributed by atoms with Crippen LogP contribution in [0.1, 0.15) is 79.5 Å². The van der Waals surface area contributed by atoms with Gasteiger partial charge >= 0.3 is 6.09 Å². The quantitative estimate of drug-likeness (QED) is 0.0658. The monoisotopic (exact) mass is 810 g/mol. The maximum atomic E-state index is 14.5. The molecule has 3 aromatic rings. The van der Waals surface area contributed by atoms with Gasteiger partial charge in [-0.3, -0.25) is 4.90 Å². The number of rotatable bonds is 20. The molecule has 0 radical (unpaired) electrons. The topological polar surface area (TPSA) is 119 Å². The highest BCUT2D eigenvalue weighted by molar-refractivity contribution is 6.03. The first-order valence-corrected chi connectivity index (χ1v) is 20.8. The number of ether oxygens (including phenoxy) is 4. The Morgan fingerprint density at radius 2 is 1.69 bits per heavy atom. The van der Waals surface area contributed by atoms with E-state index in [4.69, 9.17) is 23.8 Å². The zero-order valence-electron chi connectivity index (χ0n) is 34.6. The van der Waals surface area contributed by atoms with E-state index in [0.717, 1.165) is 48.1 Å². The fourth-order valence-electron chi connectivity index (χ4n) is 9.14. The third kappa shape index (κ3) is 9.75. The normalized spacial score (nSPS) is 23.6. The minimum absolute atomic E-state index is 0.0351. The molecule has 6 rings (SSSR count). The molecule has 1 fully saturated rings. The Bertz CT molecular complexity index is 1980. The van der Waals surface area contributed by atoms with Crippen molar-refractivity contribution in [2.75, 3.05) is 33.5 Å². The van der Waals surface area contributed by atoms with Crippen molar-refractivity contribution in [1.29, 1.82) is 0 Å². The van der Waals surface area contributed by atoms with Gasteiger partial charge in [0.2, 0.25) is 5.79 Å². The van der Waals surface area contributed by atoms with Crippen molar-refractivity contribution >= 4 is 11.8 Å². The standard InChI is InChI=1S/C48H59FN2O8/c1-6-8-26-56-47(54)51(31-34-16-18-36(49)19-17-34)44-30-42(50-55-5)40-28-35(13-9-11-23-52)39(14-10-12-24-53)45-41-29-38(58-37-20-15-32(3)33(4)27-37)21-22-43(41)59-48(44,46(40)45)57-25-7-2/h6-7,15-22,27-29,35,39,44-46,52-53H,1-2,8-14,23-26,30-31H2,3-5H3/t35-,39+,44-,45+,46+,48+/m0/s1. The van der Waals surface area contributed by atoms with E-state index in [2.05, 4.69) is 44.3 Å². The molecule has 2 aliphatic carbocycles. The van der Waals surface area contributed by atoms with Crippen LogP contribution >= 0.6 is 0 Å².